The van der Waals surface area contributed by atoms with Crippen LogP contribution in [0.1, 0.15) is 24.5 Å². The van der Waals surface area contributed by atoms with Gasteiger partial charge in [-0.15, -0.1) is 24.0 Å². The average molecular weight is 486 g/mol. The van der Waals surface area contributed by atoms with Crippen LogP contribution in [0.4, 0.5) is 0 Å². The lowest BCUT2D eigenvalue weighted by atomic mass is 10.1. The molecular formula is C18H27IN6S. The fraction of sp³-hybridized carbons (Fsp3) is 0.500. The lowest BCUT2D eigenvalue weighted by Crippen LogP contribution is -2.47. The molecule has 0 spiro atoms. The summed E-state index contributed by atoms with van der Waals surface area (Å²) in [7, 11) is 1.87. The summed E-state index contributed by atoms with van der Waals surface area (Å²) in [6.07, 6.45) is 4.52. The van der Waals surface area contributed by atoms with Crippen LogP contribution in [-0.2, 0) is 13.1 Å². The zero-order valence-corrected chi connectivity index (χ0v) is 18.5. The lowest BCUT2D eigenvalue weighted by Gasteiger charge is -2.34. The number of aromatic nitrogens is 3. The molecule has 8 heteroatoms. The first-order chi connectivity index (χ1) is 12.3. The zero-order valence-electron chi connectivity index (χ0n) is 15.3. The molecular weight excluding hydrogens is 459 g/mol. The quantitative estimate of drug-likeness (QED) is 0.400. The largest absolute Gasteiger partial charge is 0.352 e. The molecule has 0 amide bonds. The summed E-state index contributed by atoms with van der Waals surface area (Å²) in [6, 6.07) is 8.57. The minimum Gasteiger partial charge on any atom is -0.352 e. The first-order valence-corrected chi connectivity index (χ1v) is 9.80. The highest BCUT2D eigenvalue weighted by Gasteiger charge is 2.21. The van der Waals surface area contributed by atoms with Crippen molar-refractivity contribution in [3.05, 3.63) is 48.0 Å². The molecule has 0 bridgehead atoms. The first kappa shape index (κ1) is 21.0. The van der Waals surface area contributed by atoms with Crippen molar-refractivity contribution in [3.8, 4) is 0 Å². The molecule has 0 aliphatic carbocycles. The van der Waals surface area contributed by atoms with Gasteiger partial charge in [-0.25, -0.2) is 9.67 Å². The van der Waals surface area contributed by atoms with Crippen LogP contribution in [0, 0.1) is 0 Å². The second-order valence-electron chi connectivity index (χ2n) is 6.16. The third-order valence-electron chi connectivity index (χ3n) is 4.36. The molecule has 1 unspecified atom stereocenters. The highest BCUT2D eigenvalue weighted by molar-refractivity contribution is 14.0. The number of hydrogen-bond acceptors (Lipinski definition) is 4. The topological polar surface area (TPSA) is 58.3 Å². The van der Waals surface area contributed by atoms with Gasteiger partial charge in [-0.05, 0) is 17.5 Å². The molecule has 2 heterocycles. The second-order valence-corrected chi connectivity index (χ2v) is 7.57. The van der Waals surface area contributed by atoms with Gasteiger partial charge in [0, 0.05) is 37.7 Å². The van der Waals surface area contributed by atoms with Gasteiger partial charge in [0.2, 0.25) is 0 Å². The molecule has 1 aromatic heterocycles. The van der Waals surface area contributed by atoms with Gasteiger partial charge in [0.25, 0.3) is 0 Å². The van der Waals surface area contributed by atoms with E-state index >= 15 is 0 Å². The predicted molar refractivity (Wildman–Crippen MR) is 119 cm³/mol. The fourth-order valence-corrected chi connectivity index (χ4v) is 4.19. The van der Waals surface area contributed by atoms with E-state index < -0.39 is 0 Å². The van der Waals surface area contributed by atoms with Crippen molar-refractivity contribution in [2.24, 2.45) is 4.99 Å². The molecule has 0 saturated carbocycles. The van der Waals surface area contributed by atoms with Crippen molar-refractivity contribution in [2.75, 3.05) is 25.9 Å². The number of aliphatic imine (C=N–C) groups is 1. The molecule has 1 atom stereocenters. The van der Waals surface area contributed by atoms with Gasteiger partial charge in [-0.1, -0.05) is 31.2 Å². The van der Waals surface area contributed by atoms with Crippen LogP contribution in [0.15, 0.2) is 41.9 Å². The second kappa shape index (κ2) is 10.8. The molecule has 2 aromatic rings. The van der Waals surface area contributed by atoms with E-state index in [1.165, 1.54) is 23.3 Å². The van der Waals surface area contributed by atoms with Crippen LogP contribution in [0.25, 0.3) is 0 Å². The number of benzene rings is 1. The summed E-state index contributed by atoms with van der Waals surface area (Å²) in [5.41, 5.74) is 2.47. The highest BCUT2D eigenvalue weighted by atomic mass is 127. The summed E-state index contributed by atoms with van der Waals surface area (Å²) in [6.45, 7) is 5.92. The van der Waals surface area contributed by atoms with E-state index in [9.17, 15) is 0 Å². The molecule has 1 aromatic carbocycles. The predicted octanol–water partition coefficient (Wildman–Crippen LogP) is 2.85. The van der Waals surface area contributed by atoms with Gasteiger partial charge < -0.3 is 10.2 Å². The van der Waals surface area contributed by atoms with E-state index in [4.69, 9.17) is 0 Å². The van der Waals surface area contributed by atoms with E-state index in [2.05, 4.69) is 68.2 Å². The van der Waals surface area contributed by atoms with Crippen molar-refractivity contribution in [1.82, 2.24) is 25.0 Å². The van der Waals surface area contributed by atoms with Gasteiger partial charge in [-0.2, -0.15) is 16.9 Å². The van der Waals surface area contributed by atoms with Gasteiger partial charge in [0.05, 0.1) is 6.54 Å². The number of hydrogen-bond donors (Lipinski definition) is 1. The summed E-state index contributed by atoms with van der Waals surface area (Å²) >= 11 is 2.08. The molecule has 3 rings (SSSR count). The van der Waals surface area contributed by atoms with Gasteiger partial charge >= 0.3 is 0 Å². The van der Waals surface area contributed by atoms with E-state index in [0.717, 1.165) is 32.1 Å². The van der Waals surface area contributed by atoms with E-state index in [1.807, 2.05) is 11.7 Å². The molecule has 1 aliphatic rings. The van der Waals surface area contributed by atoms with E-state index in [0.29, 0.717) is 5.25 Å². The number of halogens is 1. The van der Waals surface area contributed by atoms with Crippen molar-refractivity contribution >= 4 is 41.7 Å². The van der Waals surface area contributed by atoms with Gasteiger partial charge in [0.15, 0.2) is 5.96 Å². The first-order valence-electron chi connectivity index (χ1n) is 8.76. The molecule has 1 fully saturated rings. The smallest absolute Gasteiger partial charge is 0.193 e. The van der Waals surface area contributed by atoms with Crippen LogP contribution < -0.4 is 5.32 Å². The number of thioether (sulfide) groups is 1. The molecule has 26 heavy (non-hydrogen) atoms. The number of nitrogens with zero attached hydrogens (tertiary/aromatic N) is 5. The molecule has 0 radical (unpaired) electrons. The van der Waals surface area contributed by atoms with Gasteiger partial charge in [-0.3, -0.25) is 4.99 Å². The van der Waals surface area contributed by atoms with E-state index in [-0.39, 0.29) is 24.0 Å². The van der Waals surface area contributed by atoms with Crippen LogP contribution in [-0.4, -0.2) is 56.8 Å². The molecule has 1 aliphatic heterocycles. The molecule has 6 nitrogen and oxygen atoms in total. The minimum absolute atomic E-state index is 0. The van der Waals surface area contributed by atoms with Gasteiger partial charge in [0.1, 0.15) is 12.7 Å². The SMILES string of the molecule is CCC1CN(C(=NC)NCc2cccc(Cn3cncn3)c2)CCS1.I. The minimum atomic E-state index is 0. The number of nitrogens with one attached hydrogen (secondary N) is 1. The third kappa shape index (κ3) is 5.87. The Bertz CT molecular complexity index is 691. The Balaban J connectivity index is 0.00000243. The van der Waals surface area contributed by atoms with Crippen LogP contribution >= 0.6 is 35.7 Å². The van der Waals surface area contributed by atoms with Crippen LogP contribution in [0.3, 0.4) is 0 Å². The van der Waals surface area contributed by atoms with E-state index in [1.54, 1.807) is 12.7 Å². The maximum atomic E-state index is 4.48. The van der Waals surface area contributed by atoms with Crippen LogP contribution in [0.2, 0.25) is 0 Å². The fourth-order valence-electron chi connectivity index (χ4n) is 3.01. The van der Waals surface area contributed by atoms with Crippen molar-refractivity contribution in [3.63, 3.8) is 0 Å². The Morgan fingerprint density at radius 1 is 1.38 bits per heavy atom. The highest BCUT2D eigenvalue weighted by Crippen LogP contribution is 2.21. The Morgan fingerprint density at radius 2 is 2.23 bits per heavy atom. The molecule has 1 N–H and O–H groups in total. The Labute approximate surface area is 176 Å². The van der Waals surface area contributed by atoms with Crippen molar-refractivity contribution < 1.29 is 0 Å². The van der Waals surface area contributed by atoms with Crippen molar-refractivity contribution in [2.45, 2.75) is 31.7 Å². The molecule has 142 valence electrons. The Kier molecular flexibility index (Phi) is 8.70. The third-order valence-corrected chi connectivity index (χ3v) is 5.73. The monoisotopic (exact) mass is 486 g/mol. The Hall–Kier alpha value is -1.29. The van der Waals surface area contributed by atoms with Crippen molar-refractivity contribution in [1.29, 1.82) is 0 Å². The normalized spacial score (nSPS) is 17.7. The zero-order chi connectivity index (χ0) is 17.5. The number of guanidine groups is 1. The molecule has 1 saturated heterocycles. The summed E-state index contributed by atoms with van der Waals surface area (Å²) < 4.78 is 1.84. The average Bonchev–Trinajstić information content (AvgIpc) is 3.16. The number of rotatable bonds is 5. The standard InChI is InChI=1S/C18H26N6S.HI/c1-3-17-12-23(7-8-25-17)18(19-2)21-10-15-5-4-6-16(9-15)11-24-14-20-13-22-24;/h4-6,9,13-14,17H,3,7-8,10-12H2,1-2H3,(H,19,21);1H. The lowest BCUT2D eigenvalue weighted by molar-refractivity contribution is 0.408. The summed E-state index contributed by atoms with van der Waals surface area (Å²) in [4.78, 5) is 10.9. The Morgan fingerprint density at radius 3 is 2.96 bits per heavy atom. The summed E-state index contributed by atoms with van der Waals surface area (Å²) in [5, 5.41) is 8.39. The summed E-state index contributed by atoms with van der Waals surface area (Å²) in [5.74, 6) is 2.17. The maximum absolute atomic E-state index is 4.48. The maximum Gasteiger partial charge on any atom is 0.193 e. The van der Waals surface area contributed by atoms with Crippen LogP contribution in [0.5, 0.6) is 0 Å².